The average molecular weight is 344 g/mol. The summed E-state index contributed by atoms with van der Waals surface area (Å²) in [5.41, 5.74) is 7.17. The topological polar surface area (TPSA) is 52.3 Å². The van der Waals surface area contributed by atoms with E-state index in [9.17, 15) is 4.79 Å². The van der Waals surface area contributed by atoms with Crippen molar-refractivity contribution in [2.75, 3.05) is 0 Å². The smallest absolute Gasteiger partial charge is 0.311 e. The lowest BCUT2D eigenvalue weighted by Crippen LogP contribution is -2.39. The van der Waals surface area contributed by atoms with Crippen LogP contribution in [0.5, 0.6) is 5.75 Å². The molecule has 0 heterocycles. The first-order chi connectivity index (χ1) is 11.8. The monoisotopic (exact) mass is 343 g/mol. The summed E-state index contributed by atoms with van der Waals surface area (Å²) in [7, 11) is 0. The van der Waals surface area contributed by atoms with Crippen molar-refractivity contribution in [3.63, 3.8) is 0 Å². The normalized spacial score (nSPS) is 29.6. The SMILES string of the molecule is CCC(c1cccc(OC(=O)CC2CC3CCC2C3C)c1)C(C)(C)N. The van der Waals surface area contributed by atoms with Crippen LogP contribution in [-0.2, 0) is 4.79 Å². The Balaban J connectivity index is 1.63. The zero-order chi connectivity index (χ0) is 18.2. The summed E-state index contributed by atoms with van der Waals surface area (Å²) < 4.78 is 5.69. The van der Waals surface area contributed by atoms with Crippen LogP contribution in [0.15, 0.2) is 24.3 Å². The Labute approximate surface area is 152 Å². The summed E-state index contributed by atoms with van der Waals surface area (Å²) in [4.78, 5) is 12.5. The van der Waals surface area contributed by atoms with Crippen molar-refractivity contribution in [1.82, 2.24) is 0 Å². The Morgan fingerprint density at radius 3 is 2.68 bits per heavy atom. The van der Waals surface area contributed by atoms with Crippen molar-refractivity contribution >= 4 is 5.97 Å². The molecule has 0 radical (unpaired) electrons. The van der Waals surface area contributed by atoms with Crippen molar-refractivity contribution in [3.05, 3.63) is 29.8 Å². The molecule has 138 valence electrons. The van der Waals surface area contributed by atoms with E-state index in [1.165, 1.54) is 19.3 Å². The van der Waals surface area contributed by atoms with Gasteiger partial charge in [0.15, 0.2) is 0 Å². The van der Waals surface area contributed by atoms with Gasteiger partial charge in [-0.15, -0.1) is 0 Å². The molecule has 3 heteroatoms. The minimum Gasteiger partial charge on any atom is -0.427 e. The van der Waals surface area contributed by atoms with E-state index in [1.807, 2.05) is 18.2 Å². The van der Waals surface area contributed by atoms with E-state index in [2.05, 4.69) is 33.8 Å². The van der Waals surface area contributed by atoms with E-state index in [-0.39, 0.29) is 17.4 Å². The number of hydrogen-bond acceptors (Lipinski definition) is 3. The van der Waals surface area contributed by atoms with Gasteiger partial charge in [0, 0.05) is 17.9 Å². The second kappa shape index (κ2) is 7.11. The van der Waals surface area contributed by atoms with Gasteiger partial charge >= 0.3 is 5.97 Å². The summed E-state index contributed by atoms with van der Waals surface area (Å²) in [5.74, 6) is 3.70. The van der Waals surface area contributed by atoms with Crippen LogP contribution in [-0.4, -0.2) is 11.5 Å². The third-order valence-electron chi connectivity index (χ3n) is 6.73. The van der Waals surface area contributed by atoms with Gasteiger partial charge in [-0.3, -0.25) is 4.79 Å². The van der Waals surface area contributed by atoms with Crippen LogP contribution in [0.25, 0.3) is 0 Å². The first-order valence-electron chi connectivity index (χ1n) is 9.89. The summed E-state index contributed by atoms with van der Waals surface area (Å²) in [6.45, 7) is 8.61. The molecule has 5 atom stereocenters. The highest BCUT2D eigenvalue weighted by Gasteiger charge is 2.46. The third-order valence-corrected chi connectivity index (χ3v) is 6.73. The molecule has 2 N–H and O–H groups in total. The van der Waals surface area contributed by atoms with Crippen LogP contribution in [0, 0.1) is 23.7 Å². The molecule has 2 fully saturated rings. The fraction of sp³-hybridized carbons (Fsp3) is 0.682. The van der Waals surface area contributed by atoms with Crippen LogP contribution in [0.3, 0.4) is 0 Å². The molecular weight excluding hydrogens is 310 g/mol. The summed E-state index contributed by atoms with van der Waals surface area (Å²) in [6.07, 6.45) is 5.38. The maximum Gasteiger partial charge on any atom is 0.311 e. The van der Waals surface area contributed by atoms with Gasteiger partial charge in [0.2, 0.25) is 0 Å². The Bertz CT molecular complexity index is 619. The van der Waals surface area contributed by atoms with Gasteiger partial charge in [-0.25, -0.2) is 0 Å². The fourth-order valence-electron chi connectivity index (χ4n) is 5.45. The lowest BCUT2D eigenvalue weighted by Gasteiger charge is -2.30. The first-order valence-corrected chi connectivity index (χ1v) is 9.89. The van der Waals surface area contributed by atoms with Gasteiger partial charge in [-0.1, -0.05) is 26.0 Å². The predicted octanol–water partition coefficient (Wildman–Crippen LogP) is 4.90. The highest BCUT2D eigenvalue weighted by Crippen LogP contribution is 2.53. The molecule has 2 saturated carbocycles. The van der Waals surface area contributed by atoms with Crippen LogP contribution in [0.4, 0.5) is 0 Å². The molecule has 0 amide bonds. The maximum atomic E-state index is 12.5. The molecule has 25 heavy (non-hydrogen) atoms. The molecule has 2 bridgehead atoms. The molecule has 5 unspecified atom stereocenters. The van der Waals surface area contributed by atoms with Gasteiger partial charge in [-0.05, 0) is 80.9 Å². The number of carbonyl (C=O) groups is 1. The number of nitrogens with two attached hydrogens (primary N) is 1. The van der Waals surface area contributed by atoms with E-state index in [0.717, 1.165) is 29.7 Å². The van der Waals surface area contributed by atoms with Crippen molar-refractivity contribution in [1.29, 1.82) is 0 Å². The molecule has 0 saturated heterocycles. The quantitative estimate of drug-likeness (QED) is 0.591. The molecule has 1 aromatic carbocycles. The number of ether oxygens (including phenoxy) is 1. The Morgan fingerprint density at radius 1 is 1.36 bits per heavy atom. The van der Waals surface area contributed by atoms with E-state index in [4.69, 9.17) is 10.5 Å². The van der Waals surface area contributed by atoms with Gasteiger partial charge in [-0.2, -0.15) is 0 Å². The minimum atomic E-state index is -0.295. The lowest BCUT2D eigenvalue weighted by molar-refractivity contribution is -0.135. The van der Waals surface area contributed by atoms with Crippen LogP contribution < -0.4 is 10.5 Å². The van der Waals surface area contributed by atoms with E-state index < -0.39 is 0 Å². The predicted molar refractivity (Wildman–Crippen MR) is 101 cm³/mol. The fourth-order valence-corrected chi connectivity index (χ4v) is 5.45. The van der Waals surface area contributed by atoms with Gasteiger partial charge in [0.05, 0.1) is 0 Å². The molecule has 3 nitrogen and oxygen atoms in total. The zero-order valence-corrected chi connectivity index (χ0v) is 16.1. The third kappa shape index (κ3) is 3.92. The second-order valence-corrected chi connectivity index (χ2v) is 8.89. The standard InChI is InChI=1S/C22H33NO2/c1-5-20(22(3,4)23)16-7-6-8-18(12-16)25-21(24)13-17-11-15-9-10-19(17)14(15)2/h6-8,12,14-15,17,19-20H,5,9-11,13,23H2,1-4H3. The highest BCUT2D eigenvalue weighted by atomic mass is 16.5. The minimum absolute atomic E-state index is 0.0815. The average Bonchev–Trinajstić information content (AvgIpc) is 3.01. The van der Waals surface area contributed by atoms with E-state index >= 15 is 0 Å². The van der Waals surface area contributed by atoms with Crippen LogP contribution >= 0.6 is 0 Å². The Hall–Kier alpha value is -1.35. The number of carbonyl (C=O) groups excluding carboxylic acids is 1. The Morgan fingerprint density at radius 2 is 2.12 bits per heavy atom. The number of rotatable bonds is 6. The van der Waals surface area contributed by atoms with Crippen molar-refractivity contribution < 1.29 is 9.53 Å². The molecular formula is C22H33NO2. The zero-order valence-electron chi connectivity index (χ0n) is 16.1. The number of fused-ring (bicyclic) bond motifs is 2. The van der Waals surface area contributed by atoms with Crippen LogP contribution in [0.2, 0.25) is 0 Å². The van der Waals surface area contributed by atoms with Crippen molar-refractivity contribution in [3.8, 4) is 5.75 Å². The molecule has 0 aliphatic heterocycles. The van der Waals surface area contributed by atoms with Crippen molar-refractivity contribution in [2.45, 2.75) is 71.3 Å². The van der Waals surface area contributed by atoms with Crippen LogP contribution in [0.1, 0.15) is 71.3 Å². The molecule has 0 aromatic heterocycles. The Kier molecular flexibility index (Phi) is 5.24. The molecule has 1 aromatic rings. The first kappa shape index (κ1) is 18.4. The number of benzene rings is 1. The summed E-state index contributed by atoms with van der Waals surface area (Å²) >= 11 is 0. The van der Waals surface area contributed by atoms with Gasteiger partial charge in [0.1, 0.15) is 5.75 Å². The second-order valence-electron chi connectivity index (χ2n) is 8.89. The number of esters is 1. The van der Waals surface area contributed by atoms with E-state index in [1.54, 1.807) is 0 Å². The van der Waals surface area contributed by atoms with Crippen molar-refractivity contribution in [2.24, 2.45) is 29.4 Å². The van der Waals surface area contributed by atoms with Gasteiger partial charge < -0.3 is 10.5 Å². The summed E-state index contributed by atoms with van der Waals surface area (Å²) in [6, 6.07) is 7.91. The molecule has 3 rings (SSSR count). The lowest BCUT2D eigenvalue weighted by atomic mass is 9.81. The maximum absolute atomic E-state index is 12.5. The number of hydrogen-bond donors (Lipinski definition) is 1. The molecule has 2 aliphatic rings. The molecule has 2 aliphatic carbocycles. The molecule has 0 spiro atoms. The largest absolute Gasteiger partial charge is 0.427 e. The highest BCUT2D eigenvalue weighted by molar-refractivity contribution is 5.72. The van der Waals surface area contributed by atoms with Gasteiger partial charge in [0.25, 0.3) is 0 Å². The van der Waals surface area contributed by atoms with E-state index in [0.29, 0.717) is 18.1 Å². The summed E-state index contributed by atoms with van der Waals surface area (Å²) in [5, 5.41) is 0.